The summed E-state index contributed by atoms with van der Waals surface area (Å²) in [5, 5.41) is 17.5. The van der Waals surface area contributed by atoms with Crippen molar-refractivity contribution in [3.63, 3.8) is 0 Å². The zero-order chi connectivity index (χ0) is 21.9. The molecule has 0 radical (unpaired) electrons. The van der Waals surface area contributed by atoms with Crippen molar-refractivity contribution in [2.75, 3.05) is 26.2 Å². The van der Waals surface area contributed by atoms with Gasteiger partial charge in [0.15, 0.2) is 5.96 Å². The van der Waals surface area contributed by atoms with E-state index >= 15 is 0 Å². The maximum atomic E-state index is 11.7. The third kappa shape index (κ3) is 8.45. The quantitative estimate of drug-likeness (QED) is 0.118. The van der Waals surface area contributed by atoms with Crippen molar-refractivity contribution in [3.8, 4) is 0 Å². The van der Waals surface area contributed by atoms with Crippen LogP contribution >= 0.6 is 24.0 Å². The maximum Gasteiger partial charge on any atom is 0.269 e. The number of nitrogens with one attached hydrogen (secondary N) is 2. The van der Waals surface area contributed by atoms with Crippen molar-refractivity contribution in [3.05, 3.63) is 75.8 Å². The second-order valence-electron chi connectivity index (χ2n) is 7.52. The van der Waals surface area contributed by atoms with Gasteiger partial charge in [0.1, 0.15) is 0 Å². The Morgan fingerprint density at radius 1 is 1.03 bits per heavy atom. The topological polar surface area (TPSA) is 99.9 Å². The van der Waals surface area contributed by atoms with Crippen molar-refractivity contribution >= 4 is 41.5 Å². The first-order chi connectivity index (χ1) is 15.1. The number of rotatable bonds is 10. The highest BCUT2D eigenvalue weighted by atomic mass is 127. The van der Waals surface area contributed by atoms with Crippen molar-refractivity contribution < 1.29 is 9.72 Å². The molecule has 3 rings (SSSR count). The third-order valence-electron chi connectivity index (χ3n) is 5.18. The summed E-state index contributed by atoms with van der Waals surface area (Å²) in [6, 6.07) is 16.7. The van der Waals surface area contributed by atoms with Crippen LogP contribution in [0.1, 0.15) is 30.4 Å². The number of carbonyl (C=O) groups excluding carboxylic acids is 1. The van der Waals surface area contributed by atoms with Gasteiger partial charge in [0.2, 0.25) is 5.91 Å². The number of benzene rings is 2. The number of non-ortho nitro benzene ring substituents is 1. The van der Waals surface area contributed by atoms with Gasteiger partial charge in [-0.3, -0.25) is 14.9 Å². The molecular formula is C23H30IN5O3. The Labute approximate surface area is 205 Å². The number of nitro groups is 1. The van der Waals surface area contributed by atoms with Crippen molar-refractivity contribution in [1.29, 1.82) is 0 Å². The van der Waals surface area contributed by atoms with Gasteiger partial charge in [-0.25, -0.2) is 4.99 Å². The summed E-state index contributed by atoms with van der Waals surface area (Å²) in [4.78, 5) is 28.7. The summed E-state index contributed by atoms with van der Waals surface area (Å²) in [5.74, 6) is 0.940. The van der Waals surface area contributed by atoms with Crippen LogP contribution in [-0.2, 0) is 17.8 Å². The lowest BCUT2D eigenvalue weighted by Crippen LogP contribution is -2.40. The Morgan fingerprint density at radius 2 is 1.75 bits per heavy atom. The fourth-order valence-corrected chi connectivity index (χ4v) is 3.45. The number of hydrogen-bond acceptors (Lipinski definition) is 4. The van der Waals surface area contributed by atoms with E-state index in [0.717, 1.165) is 44.5 Å². The number of aliphatic imine (C=N–C) groups is 1. The van der Waals surface area contributed by atoms with Gasteiger partial charge in [0.05, 0.1) is 11.5 Å². The van der Waals surface area contributed by atoms with Crippen LogP contribution in [0.3, 0.4) is 0 Å². The van der Waals surface area contributed by atoms with E-state index in [1.54, 1.807) is 12.1 Å². The number of carbonyl (C=O) groups is 1. The Kier molecular flexibility index (Phi) is 10.9. The SMILES string of the molecule is I.O=C1CCCN1CCCNC(=NCc1ccc([N+](=O)[O-])cc1)NCCc1ccccc1. The molecule has 1 saturated heterocycles. The number of nitro benzene ring substituents is 1. The zero-order valence-electron chi connectivity index (χ0n) is 18.0. The Hall–Kier alpha value is -2.69. The van der Waals surface area contributed by atoms with Crippen LogP contribution in [-0.4, -0.2) is 47.9 Å². The number of guanidine groups is 1. The molecule has 0 aromatic heterocycles. The van der Waals surface area contributed by atoms with Crippen LogP contribution in [0.25, 0.3) is 0 Å². The first-order valence-electron chi connectivity index (χ1n) is 10.7. The standard InChI is InChI=1S/C23H29N5O3.HI/c29-22-8-4-16-27(22)17-5-14-24-23(25-15-13-19-6-2-1-3-7-19)26-18-20-9-11-21(12-10-20)28(30)31;/h1-3,6-7,9-12H,4-5,8,13-18H2,(H2,24,25,26);1H. The van der Waals surface area contributed by atoms with Gasteiger partial charge in [-0.05, 0) is 30.4 Å². The predicted octanol–water partition coefficient (Wildman–Crippen LogP) is 3.50. The van der Waals surface area contributed by atoms with Gasteiger partial charge in [-0.1, -0.05) is 42.5 Å². The summed E-state index contributed by atoms with van der Waals surface area (Å²) in [7, 11) is 0. The van der Waals surface area contributed by atoms with Gasteiger partial charge in [0, 0.05) is 44.7 Å². The average Bonchev–Trinajstić information content (AvgIpc) is 3.20. The van der Waals surface area contributed by atoms with Crippen LogP contribution in [0, 0.1) is 10.1 Å². The number of likely N-dealkylation sites (tertiary alicyclic amines) is 1. The van der Waals surface area contributed by atoms with Crippen molar-refractivity contribution in [2.45, 2.75) is 32.2 Å². The number of hydrogen-bond donors (Lipinski definition) is 2. The Morgan fingerprint density at radius 3 is 2.41 bits per heavy atom. The summed E-state index contributed by atoms with van der Waals surface area (Å²) < 4.78 is 0. The highest BCUT2D eigenvalue weighted by Gasteiger charge is 2.18. The molecule has 8 nitrogen and oxygen atoms in total. The minimum atomic E-state index is -0.406. The molecule has 1 amide bonds. The van der Waals surface area contributed by atoms with E-state index in [1.165, 1.54) is 17.7 Å². The maximum absolute atomic E-state index is 11.7. The summed E-state index contributed by atoms with van der Waals surface area (Å²) in [6.07, 6.45) is 3.34. The minimum Gasteiger partial charge on any atom is -0.356 e. The molecule has 0 unspecified atom stereocenters. The molecule has 1 aliphatic rings. The van der Waals surface area contributed by atoms with Crippen LogP contribution in [0.2, 0.25) is 0 Å². The molecule has 32 heavy (non-hydrogen) atoms. The van der Waals surface area contributed by atoms with E-state index in [-0.39, 0.29) is 35.6 Å². The number of nitrogens with zero attached hydrogens (tertiary/aromatic N) is 3. The first kappa shape index (κ1) is 25.6. The van der Waals surface area contributed by atoms with Crippen molar-refractivity contribution in [2.24, 2.45) is 4.99 Å². The molecule has 0 atom stereocenters. The smallest absolute Gasteiger partial charge is 0.269 e. The van der Waals surface area contributed by atoms with Gasteiger partial charge in [0.25, 0.3) is 5.69 Å². The molecule has 0 bridgehead atoms. The lowest BCUT2D eigenvalue weighted by molar-refractivity contribution is -0.384. The minimum absolute atomic E-state index is 0. The molecule has 0 spiro atoms. The molecule has 2 N–H and O–H groups in total. The molecular weight excluding hydrogens is 521 g/mol. The molecule has 1 fully saturated rings. The summed E-state index contributed by atoms with van der Waals surface area (Å²) >= 11 is 0. The summed E-state index contributed by atoms with van der Waals surface area (Å²) in [6.45, 7) is 3.48. The molecule has 2 aromatic rings. The Balaban J connectivity index is 0.00000363. The molecule has 1 heterocycles. The monoisotopic (exact) mass is 551 g/mol. The van der Waals surface area contributed by atoms with E-state index in [9.17, 15) is 14.9 Å². The van der Waals surface area contributed by atoms with E-state index < -0.39 is 4.92 Å². The molecule has 0 aliphatic carbocycles. The molecule has 2 aromatic carbocycles. The van der Waals surface area contributed by atoms with E-state index in [0.29, 0.717) is 25.5 Å². The Bertz CT molecular complexity index is 890. The molecule has 172 valence electrons. The predicted molar refractivity (Wildman–Crippen MR) is 136 cm³/mol. The first-order valence-corrected chi connectivity index (χ1v) is 10.7. The fourth-order valence-electron chi connectivity index (χ4n) is 3.45. The highest BCUT2D eigenvalue weighted by Crippen LogP contribution is 2.12. The van der Waals surface area contributed by atoms with Crippen LogP contribution in [0.4, 0.5) is 5.69 Å². The second-order valence-corrected chi connectivity index (χ2v) is 7.52. The molecule has 0 saturated carbocycles. The highest BCUT2D eigenvalue weighted by molar-refractivity contribution is 14.0. The van der Waals surface area contributed by atoms with Gasteiger partial charge >= 0.3 is 0 Å². The molecule has 1 aliphatic heterocycles. The average molecular weight is 551 g/mol. The van der Waals surface area contributed by atoms with Gasteiger partial charge in [-0.2, -0.15) is 0 Å². The number of halogens is 1. The lowest BCUT2D eigenvalue weighted by atomic mass is 10.1. The summed E-state index contributed by atoms with van der Waals surface area (Å²) in [5.41, 5.74) is 2.22. The van der Waals surface area contributed by atoms with Crippen LogP contribution in [0.5, 0.6) is 0 Å². The van der Waals surface area contributed by atoms with Gasteiger partial charge < -0.3 is 15.5 Å². The van der Waals surface area contributed by atoms with Crippen LogP contribution < -0.4 is 10.6 Å². The second kappa shape index (κ2) is 13.7. The van der Waals surface area contributed by atoms with Crippen LogP contribution in [0.15, 0.2) is 59.6 Å². The normalized spacial score (nSPS) is 13.6. The number of amides is 1. The van der Waals surface area contributed by atoms with E-state index in [4.69, 9.17) is 0 Å². The molecule has 9 heteroatoms. The van der Waals surface area contributed by atoms with Crippen molar-refractivity contribution in [1.82, 2.24) is 15.5 Å². The lowest BCUT2D eigenvalue weighted by Gasteiger charge is -2.17. The van der Waals surface area contributed by atoms with E-state index in [2.05, 4.69) is 27.8 Å². The van der Waals surface area contributed by atoms with Gasteiger partial charge in [-0.15, -0.1) is 24.0 Å². The zero-order valence-corrected chi connectivity index (χ0v) is 20.4. The third-order valence-corrected chi connectivity index (χ3v) is 5.18. The van der Waals surface area contributed by atoms with E-state index in [1.807, 2.05) is 23.1 Å². The fraction of sp³-hybridized carbons (Fsp3) is 0.391. The largest absolute Gasteiger partial charge is 0.356 e.